The molecule has 1 aliphatic carbocycles. The Labute approximate surface area is 188 Å². The number of benzene rings is 1. The van der Waals surface area contributed by atoms with Crippen LogP contribution in [0.2, 0.25) is 0 Å². The summed E-state index contributed by atoms with van der Waals surface area (Å²) < 4.78 is 20.3. The van der Waals surface area contributed by atoms with Gasteiger partial charge in [0.15, 0.2) is 5.75 Å². The van der Waals surface area contributed by atoms with Crippen LogP contribution in [0.5, 0.6) is 11.8 Å². The van der Waals surface area contributed by atoms with Gasteiger partial charge < -0.3 is 31.4 Å². The van der Waals surface area contributed by atoms with Crippen LogP contribution in [0.1, 0.15) is 5.82 Å². The van der Waals surface area contributed by atoms with Gasteiger partial charge >= 0.3 is 6.01 Å². The Hall–Kier alpha value is -3.57. The minimum absolute atomic E-state index is 0.154. The average molecular weight is 449 g/mol. The number of aromatic amines is 1. The predicted octanol–water partition coefficient (Wildman–Crippen LogP) is 1.90. The zero-order chi connectivity index (χ0) is 22.9. The number of nitrogens with one attached hydrogen (secondary N) is 2. The number of hydrogen-bond acceptors (Lipinski definition) is 9. The first kappa shape index (κ1) is 20.1. The summed E-state index contributed by atoms with van der Waals surface area (Å²) in [5.41, 5.74) is 14.0. The summed E-state index contributed by atoms with van der Waals surface area (Å²) in [6, 6.07) is 3.10. The van der Waals surface area contributed by atoms with Crippen molar-refractivity contribution in [2.75, 3.05) is 36.9 Å². The number of hydrogen-bond donors (Lipinski definition) is 4. The van der Waals surface area contributed by atoms with Crippen molar-refractivity contribution >= 4 is 33.4 Å². The summed E-state index contributed by atoms with van der Waals surface area (Å²) in [7, 11) is 1.75. The van der Waals surface area contributed by atoms with Gasteiger partial charge in [-0.1, -0.05) is 0 Å². The van der Waals surface area contributed by atoms with E-state index in [4.69, 9.17) is 21.2 Å². The molecule has 2 fully saturated rings. The van der Waals surface area contributed by atoms with E-state index in [9.17, 15) is 4.39 Å². The minimum atomic E-state index is -0.343. The molecular formula is C22H24FN9O. The fraction of sp³-hybridized carbons (Fsp3) is 0.364. The number of anilines is 2. The molecule has 1 aliphatic heterocycles. The van der Waals surface area contributed by atoms with E-state index in [1.807, 2.05) is 0 Å². The van der Waals surface area contributed by atoms with Gasteiger partial charge in [-0.25, -0.2) is 14.4 Å². The number of fused-ring (bicyclic) bond motifs is 4. The van der Waals surface area contributed by atoms with Gasteiger partial charge in [-0.2, -0.15) is 9.97 Å². The molecule has 3 aromatic heterocycles. The fourth-order valence-electron chi connectivity index (χ4n) is 5.08. The summed E-state index contributed by atoms with van der Waals surface area (Å²) in [5, 5.41) is 4.48. The second-order valence-electron chi connectivity index (χ2n) is 8.81. The predicted molar refractivity (Wildman–Crippen MR) is 123 cm³/mol. The van der Waals surface area contributed by atoms with Crippen LogP contribution in [-0.2, 0) is 0 Å². The maximum absolute atomic E-state index is 14.4. The normalized spacial score (nSPS) is 23.8. The van der Waals surface area contributed by atoms with Gasteiger partial charge in [-0.05, 0) is 19.1 Å². The zero-order valence-corrected chi connectivity index (χ0v) is 18.3. The molecule has 4 aromatic rings. The Morgan fingerprint density at radius 1 is 1.24 bits per heavy atom. The summed E-state index contributed by atoms with van der Waals surface area (Å²) in [4.78, 5) is 23.1. The van der Waals surface area contributed by atoms with Gasteiger partial charge in [-0.15, -0.1) is 0 Å². The third-order valence-electron chi connectivity index (χ3n) is 6.97. The van der Waals surface area contributed by atoms with Crippen LogP contribution in [0.25, 0.3) is 21.9 Å². The molecule has 2 unspecified atom stereocenters. The van der Waals surface area contributed by atoms with Crippen LogP contribution >= 0.6 is 0 Å². The standard InChI is InChI=1S/C22H24FN9O/c1-10-27-5-12(6-28-10)33-21-30-19-17(13-3-11(23)4-16(26-2)18(13)29-19)20(31-21)32-7-14-15(8-32)22(14,25)9-24/h3-6,14-15,26H,7-9,24-25H2,1-2H3,(H,29,30,31). The summed E-state index contributed by atoms with van der Waals surface area (Å²) in [6.07, 6.45) is 3.15. The van der Waals surface area contributed by atoms with Crippen molar-refractivity contribution in [3.05, 3.63) is 36.2 Å². The number of nitrogens with two attached hydrogens (primary N) is 2. The van der Waals surface area contributed by atoms with Gasteiger partial charge in [0, 0.05) is 49.4 Å². The quantitative estimate of drug-likeness (QED) is 0.359. The molecule has 2 atom stereocenters. The molecule has 33 heavy (non-hydrogen) atoms. The second-order valence-corrected chi connectivity index (χ2v) is 8.81. The fourth-order valence-corrected chi connectivity index (χ4v) is 5.08. The van der Waals surface area contributed by atoms with Crippen LogP contribution in [0.4, 0.5) is 15.9 Å². The number of halogens is 1. The van der Waals surface area contributed by atoms with E-state index in [1.165, 1.54) is 12.1 Å². The summed E-state index contributed by atoms with van der Waals surface area (Å²) >= 11 is 0. The molecule has 10 nitrogen and oxygen atoms in total. The Morgan fingerprint density at radius 2 is 1.97 bits per heavy atom. The number of H-pyrrole nitrogens is 1. The number of nitrogens with zero attached hydrogens (tertiary/aromatic N) is 5. The third-order valence-corrected chi connectivity index (χ3v) is 6.97. The molecule has 170 valence electrons. The number of aryl methyl sites for hydroxylation is 1. The number of aromatic nitrogens is 5. The van der Waals surface area contributed by atoms with E-state index in [2.05, 4.69) is 30.2 Å². The first-order valence-corrected chi connectivity index (χ1v) is 10.8. The van der Waals surface area contributed by atoms with Crippen molar-refractivity contribution in [3.8, 4) is 11.8 Å². The monoisotopic (exact) mass is 449 g/mol. The second kappa shape index (κ2) is 6.96. The SMILES string of the molecule is CNc1cc(F)cc2c1[nH]c1nc(Oc3cnc(C)nc3)nc(N3CC4C(C3)C4(N)CN)c12. The van der Waals surface area contributed by atoms with Crippen LogP contribution in [0.15, 0.2) is 24.5 Å². The van der Waals surface area contributed by atoms with Crippen LogP contribution in [0.3, 0.4) is 0 Å². The lowest BCUT2D eigenvalue weighted by molar-refractivity contribution is 0.438. The van der Waals surface area contributed by atoms with Crippen LogP contribution in [-0.4, -0.2) is 57.1 Å². The maximum Gasteiger partial charge on any atom is 0.326 e. The van der Waals surface area contributed by atoms with E-state index in [0.29, 0.717) is 52.5 Å². The highest BCUT2D eigenvalue weighted by Crippen LogP contribution is 2.54. The summed E-state index contributed by atoms with van der Waals surface area (Å²) in [6.45, 7) is 3.70. The van der Waals surface area contributed by atoms with Gasteiger partial charge in [0.05, 0.1) is 29.0 Å². The largest absolute Gasteiger partial charge is 0.421 e. The highest BCUT2D eigenvalue weighted by atomic mass is 19.1. The van der Waals surface area contributed by atoms with E-state index in [0.717, 1.165) is 24.0 Å². The van der Waals surface area contributed by atoms with Crippen LogP contribution < -0.4 is 26.4 Å². The van der Waals surface area contributed by atoms with Gasteiger partial charge in [0.1, 0.15) is 23.1 Å². The number of piperidine rings is 1. The number of ether oxygens (including phenoxy) is 1. The molecule has 11 heteroatoms. The van der Waals surface area contributed by atoms with Crippen LogP contribution in [0, 0.1) is 24.6 Å². The molecule has 1 saturated heterocycles. The van der Waals surface area contributed by atoms with Gasteiger partial charge in [0.2, 0.25) is 0 Å². The molecule has 4 heterocycles. The molecule has 6 rings (SSSR count). The smallest absolute Gasteiger partial charge is 0.326 e. The Balaban J connectivity index is 1.50. The lowest BCUT2D eigenvalue weighted by atomic mass is 10.1. The molecule has 6 N–H and O–H groups in total. The lowest BCUT2D eigenvalue weighted by Crippen LogP contribution is -2.43. The zero-order valence-electron chi connectivity index (χ0n) is 18.3. The number of rotatable bonds is 5. The Kier molecular flexibility index (Phi) is 4.23. The van der Waals surface area contributed by atoms with E-state index in [-0.39, 0.29) is 17.4 Å². The van der Waals surface area contributed by atoms with Crippen molar-refractivity contribution in [1.82, 2.24) is 24.9 Å². The molecule has 0 radical (unpaired) electrons. The van der Waals surface area contributed by atoms with Crippen molar-refractivity contribution in [1.29, 1.82) is 0 Å². The lowest BCUT2D eigenvalue weighted by Gasteiger charge is -2.25. The maximum atomic E-state index is 14.4. The first-order valence-electron chi connectivity index (χ1n) is 10.8. The molecule has 1 saturated carbocycles. The van der Waals surface area contributed by atoms with E-state index >= 15 is 0 Å². The molecule has 0 amide bonds. The molecular weight excluding hydrogens is 425 g/mol. The van der Waals surface area contributed by atoms with E-state index < -0.39 is 0 Å². The Morgan fingerprint density at radius 3 is 2.64 bits per heavy atom. The minimum Gasteiger partial charge on any atom is -0.421 e. The molecule has 0 bridgehead atoms. The third kappa shape index (κ3) is 3.00. The van der Waals surface area contributed by atoms with Gasteiger partial charge in [-0.3, -0.25) is 0 Å². The first-order chi connectivity index (χ1) is 15.9. The highest BCUT2D eigenvalue weighted by Gasteiger charge is 2.65. The Bertz CT molecular complexity index is 1370. The van der Waals surface area contributed by atoms with Crippen molar-refractivity contribution in [3.63, 3.8) is 0 Å². The highest BCUT2D eigenvalue weighted by molar-refractivity contribution is 6.14. The van der Waals surface area contributed by atoms with Crippen molar-refractivity contribution in [2.24, 2.45) is 23.3 Å². The molecule has 2 aliphatic rings. The molecule has 1 aromatic carbocycles. The average Bonchev–Trinajstić information content (AvgIpc) is 3.16. The van der Waals surface area contributed by atoms with Crippen molar-refractivity contribution < 1.29 is 9.13 Å². The molecule has 0 spiro atoms. The van der Waals surface area contributed by atoms with Crippen molar-refractivity contribution in [2.45, 2.75) is 12.5 Å². The summed E-state index contributed by atoms with van der Waals surface area (Å²) in [5.74, 6) is 2.00. The van der Waals surface area contributed by atoms with E-state index in [1.54, 1.807) is 26.4 Å². The van der Waals surface area contributed by atoms with Gasteiger partial charge in [0.25, 0.3) is 0 Å². The topological polar surface area (TPSA) is 144 Å².